The van der Waals surface area contributed by atoms with Gasteiger partial charge in [-0.2, -0.15) is 4.31 Å². The van der Waals surface area contributed by atoms with E-state index in [1.165, 1.54) is 35.5 Å². The summed E-state index contributed by atoms with van der Waals surface area (Å²) in [5.41, 5.74) is -0.175. The number of hydrogen-bond acceptors (Lipinski definition) is 7. The smallest absolute Gasteiger partial charge is 0.406 e. The normalized spacial score (nSPS) is 21.5. The maximum absolute atomic E-state index is 12.8. The Morgan fingerprint density at radius 2 is 1.66 bits per heavy atom. The Morgan fingerprint density at radius 3 is 2.17 bits per heavy atom. The number of urea groups is 1. The van der Waals surface area contributed by atoms with Crippen LogP contribution in [0.4, 0.5) is 23.8 Å². The molecule has 0 spiro atoms. The maximum Gasteiger partial charge on any atom is 0.573 e. The number of hydrogen-bond donors (Lipinski definition) is 2. The van der Waals surface area contributed by atoms with Gasteiger partial charge in [0.25, 0.3) is 5.91 Å². The number of piperazine rings is 1. The minimum Gasteiger partial charge on any atom is -0.406 e. The molecule has 2 aromatic rings. The summed E-state index contributed by atoms with van der Waals surface area (Å²) in [5.74, 6) is -0.922. The van der Waals surface area contributed by atoms with Crippen LogP contribution in [-0.4, -0.2) is 73.5 Å². The molecule has 2 N–H and O–H groups in total. The van der Waals surface area contributed by atoms with Gasteiger partial charge in [-0.25, -0.2) is 18.2 Å². The Bertz CT molecular complexity index is 1210. The number of aromatic nitrogens is 1. The van der Waals surface area contributed by atoms with Crippen molar-refractivity contribution in [3.05, 3.63) is 42.6 Å². The minimum atomic E-state index is -4.76. The fourth-order valence-electron chi connectivity index (χ4n) is 3.93. The number of halogens is 3. The number of rotatable bonds is 6. The van der Waals surface area contributed by atoms with Crippen molar-refractivity contribution < 1.29 is 35.9 Å². The van der Waals surface area contributed by atoms with Crippen LogP contribution < -0.4 is 20.3 Å². The molecule has 10 nitrogen and oxygen atoms in total. The van der Waals surface area contributed by atoms with Gasteiger partial charge in [0.2, 0.25) is 10.0 Å². The van der Waals surface area contributed by atoms with Gasteiger partial charge in [0.15, 0.2) is 0 Å². The molecule has 1 unspecified atom stereocenters. The summed E-state index contributed by atoms with van der Waals surface area (Å²) in [4.78, 5) is 29.7. The fourth-order valence-corrected chi connectivity index (χ4v) is 5.76. The Morgan fingerprint density at radius 1 is 1.03 bits per heavy atom. The van der Waals surface area contributed by atoms with E-state index in [9.17, 15) is 31.2 Å². The van der Waals surface area contributed by atoms with E-state index >= 15 is 0 Å². The van der Waals surface area contributed by atoms with Gasteiger partial charge >= 0.3 is 12.4 Å². The number of anilines is 1. The summed E-state index contributed by atoms with van der Waals surface area (Å²) in [7, 11) is -3.81. The van der Waals surface area contributed by atoms with Crippen LogP contribution in [0.3, 0.4) is 0 Å². The van der Waals surface area contributed by atoms with Crippen molar-refractivity contribution in [2.24, 2.45) is 0 Å². The molecule has 1 aromatic carbocycles. The molecule has 2 fully saturated rings. The van der Waals surface area contributed by atoms with Crippen LogP contribution in [0.2, 0.25) is 0 Å². The third-order valence-electron chi connectivity index (χ3n) is 5.71. The second-order valence-electron chi connectivity index (χ2n) is 8.36. The summed E-state index contributed by atoms with van der Waals surface area (Å²) < 4.78 is 67.7. The zero-order valence-corrected chi connectivity index (χ0v) is 19.3. The topological polar surface area (TPSA) is 121 Å². The predicted molar refractivity (Wildman–Crippen MR) is 119 cm³/mol. The molecule has 4 rings (SSSR count). The molecule has 1 atom stereocenters. The monoisotopic (exact) mass is 513 g/mol. The predicted octanol–water partition coefficient (Wildman–Crippen LogP) is 1.70. The SMILES string of the molecule is CC1(CS(=O)(=O)N2CCN(c3ccc(-c4ccc(OC(F)(F)F)cc4)cn3)CC2)NC(=O)NC1=O. The zero-order valence-electron chi connectivity index (χ0n) is 18.5. The highest BCUT2D eigenvalue weighted by molar-refractivity contribution is 7.89. The molecule has 0 aliphatic carbocycles. The Balaban J connectivity index is 1.36. The van der Waals surface area contributed by atoms with Gasteiger partial charge < -0.3 is 15.0 Å². The fraction of sp³-hybridized carbons (Fsp3) is 0.381. The highest BCUT2D eigenvalue weighted by Crippen LogP contribution is 2.27. The number of benzene rings is 1. The van der Waals surface area contributed by atoms with Crippen LogP contribution in [0.15, 0.2) is 42.6 Å². The van der Waals surface area contributed by atoms with Crippen molar-refractivity contribution in [3.8, 4) is 16.9 Å². The lowest BCUT2D eigenvalue weighted by Gasteiger charge is -2.35. The molecular weight excluding hydrogens is 491 g/mol. The van der Waals surface area contributed by atoms with E-state index in [-0.39, 0.29) is 18.8 Å². The zero-order chi connectivity index (χ0) is 25.4. The van der Waals surface area contributed by atoms with E-state index in [2.05, 4.69) is 15.0 Å². The molecule has 188 valence electrons. The highest BCUT2D eigenvalue weighted by atomic mass is 32.2. The van der Waals surface area contributed by atoms with E-state index in [1.54, 1.807) is 18.3 Å². The van der Waals surface area contributed by atoms with Crippen molar-refractivity contribution in [2.75, 3.05) is 36.8 Å². The first-order valence-corrected chi connectivity index (χ1v) is 12.1. The summed E-state index contributed by atoms with van der Waals surface area (Å²) in [6, 6.07) is 8.23. The van der Waals surface area contributed by atoms with E-state index in [0.717, 1.165) is 0 Å². The van der Waals surface area contributed by atoms with E-state index in [0.29, 0.717) is 30.0 Å². The molecule has 3 amide bonds. The number of alkyl halides is 3. The third-order valence-corrected chi connectivity index (χ3v) is 7.81. The number of sulfonamides is 1. The number of carbonyl (C=O) groups is 2. The summed E-state index contributed by atoms with van der Waals surface area (Å²) >= 11 is 0. The van der Waals surface area contributed by atoms with Gasteiger partial charge in [-0.05, 0) is 36.8 Å². The van der Waals surface area contributed by atoms with E-state index in [1.807, 2.05) is 10.2 Å². The number of carbonyl (C=O) groups excluding carboxylic acids is 2. The van der Waals surface area contributed by atoms with Crippen molar-refractivity contribution >= 4 is 27.8 Å². The van der Waals surface area contributed by atoms with Crippen LogP contribution in [0.1, 0.15) is 6.92 Å². The number of pyridine rings is 1. The molecule has 14 heteroatoms. The van der Waals surface area contributed by atoms with Crippen LogP contribution in [0, 0.1) is 0 Å². The standard InChI is InChI=1S/C21H22F3N5O5S/c1-20(18(30)26-19(31)27-20)13-35(32,33)29-10-8-28(9-11-29)17-7-4-15(12-25-17)14-2-5-16(6-3-14)34-21(22,23)24/h2-7,12H,8-11,13H2,1H3,(H2,26,27,30,31). The van der Waals surface area contributed by atoms with E-state index in [4.69, 9.17) is 0 Å². The second-order valence-corrected chi connectivity index (χ2v) is 10.3. The lowest BCUT2D eigenvalue weighted by Crippen LogP contribution is -2.55. The quantitative estimate of drug-likeness (QED) is 0.564. The van der Waals surface area contributed by atoms with Crippen molar-refractivity contribution in [3.63, 3.8) is 0 Å². The van der Waals surface area contributed by atoms with Gasteiger partial charge in [0, 0.05) is 37.9 Å². The molecule has 2 aliphatic rings. The Labute approximate surface area is 199 Å². The number of nitrogens with zero attached hydrogens (tertiary/aromatic N) is 3. The largest absolute Gasteiger partial charge is 0.573 e. The third kappa shape index (κ3) is 5.65. The van der Waals surface area contributed by atoms with Crippen LogP contribution in [-0.2, 0) is 14.8 Å². The Hall–Kier alpha value is -3.39. The first-order chi connectivity index (χ1) is 16.3. The number of imide groups is 1. The molecular formula is C21H22F3N5O5S. The van der Waals surface area contributed by atoms with E-state index < -0.39 is 39.6 Å². The summed E-state index contributed by atoms with van der Waals surface area (Å²) in [6.45, 7) is 2.45. The van der Waals surface area contributed by atoms with Gasteiger partial charge in [-0.3, -0.25) is 10.1 Å². The van der Waals surface area contributed by atoms with Crippen LogP contribution in [0.25, 0.3) is 11.1 Å². The van der Waals surface area contributed by atoms with Crippen molar-refractivity contribution in [1.82, 2.24) is 19.9 Å². The average molecular weight is 513 g/mol. The van der Waals surface area contributed by atoms with Gasteiger partial charge in [-0.1, -0.05) is 12.1 Å². The number of nitrogens with one attached hydrogen (secondary N) is 2. The maximum atomic E-state index is 12.8. The molecule has 0 bridgehead atoms. The molecule has 3 heterocycles. The Kier molecular flexibility index (Phi) is 6.36. The molecule has 0 saturated carbocycles. The second kappa shape index (κ2) is 9.00. The molecule has 2 aliphatic heterocycles. The first-order valence-electron chi connectivity index (χ1n) is 10.5. The lowest BCUT2D eigenvalue weighted by molar-refractivity contribution is -0.274. The summed E-state index contributed by atoms with van der Waals surface area (Å²) in [5, 5.41) is 4.41. The number of amides is 3. The summed E-state index contributed by atoms with van der Waals surface area (Å²) in [6.07, 6.45) is -3.17. The minimum absolute atomic E-state index is 0.179. The molecule has 0 radical (unpaired) electrons. The molecule has 2 saturated heterocycles. The van der Waals surface area contributed by atoms with Crippen molar-refractivity contribution in [1.29, 1.82) is 0 Å². The van der Waals surface area contributed by atoms with Gasteiger partial charge in [0.05, 0.1) is 5.75 Å². The average Bonchev–Trinajstić information content (AvgIpc) is 3.03. The van der Waals surface area contributed by atoms with Crippen molar-refractivity contribution in [2.45, 2.75) is 18.8 Å². The number of ether oxygens (including phenoxy) is 1. The van der Waals surface area contributed by atoms with Crippen LogP contribution in [0.5, 0.6) is 5.75 Å². The first kappa shape index (κ1) is 24.7. The van der Waals surface area contributed by atoms with Crippen LogP contribution >= 0.6 is 0 Å². The van der Waals surface area contributed by atoms with Gasteiger partial charge in [0.1, 0.15) is 17.1 Å². The highest BCUT2D eigenvalue weighted by Gasteiger charge is 2.46. The molecule has 35 heavy (non-hydrogen) atoms. The molecule has 1 aromatic heterocycles. The lowest BCUT2D eigenvalue weighted by atomic mass is 10.1. The van der Waals surface area contributed by atoms with Gasteiger partial charge in [-0.15, -0.1) is 13.2 Å².